The Labute approximate surface area is 148 Å². The van der Waals surface area contributed by atoms with Crippen LogP contribution in [0.15, 0.2) is 28.7 Å². The van der Waals surface area contributed by atoms with Crippen LogP contribution in [-0.2, 0) is 11.3 Å². The zero-order valence-electron chi connectivity index (χ0n) is 15.1. The number of carbonyl (C=O) groups excluding carboxylic acids is 1. The van der Waals surface area contributed by atoms with Gasteiger partial charge in [-0.05, 0) is 43.9 Å². The molecular weight excluding hydrogens is 318 g/mol. The highest BCUT2D eigenvalue weighted by Crippen LogP contribution is 2.27. The van der Waals surface area contributed by atoms with Crippen molar-refractivity contribution >= 4 is 5.91 Å². The van der Waals surface area contributed by atoms with Crippen LogP contribution in [-0.4, -0.2) is 40.7 Å². The molecule has 1 aliphatic rings. The monoisotopic (exact) mass is 343 g/mol. The summed E-state index contributed by atoms with van der Waals surface area (Å²) in [4.78, 5) is 15.0. The fourth-order valence-corrected chi connectivity index (χ4v) is 3.30. The molecule has 3 rings (SSSR count). The molecule has 134 valence electrons. The van der Waals surface area contributed by atoms with Crippen LogP contribution in [0.2, 0.25) is 0 Å². The Morgan fingerprint density at radius 2 is 2.20 bits per heavy atom. The Bertz CT molecular complexity index is 728. The smallest absolute Gasteiger partial charge is 0.254 e. The number of methoxy groups -OCH3 is 1. The molecule has 6 heteroatoms. The van der Waals surface area contributed by atoms with E-state index in [4.69, 9.17) is 9.15 Å². The molecule has 1 aromatic heterocycles. The van der Waals surface area contributed by atoms with E-state index < -0.39 is 0 Å². The van der Waals surface area contributed by atoms with Crippen LogP contribution in [0.3, 0.4) is 0 Å². The van der Waals surface area contributed by atoms with E-state index in [0.29, 0.717) is 23.3 Å². The number of piperidine rings is 1. The molecule has 6 nitrogen and oxygen atoms in total. The third-order valence-electron chi connectivity index (χ3n) is 4.91. The van der Waals surface area contributed by atoms with Gasteiger partial charge in [-0.2, -0.15) is 0 Å². The number of nitrogens with zero attached hydrogens (tertiary/aromatic N) is 3. The Kier molecular flexibility index (Phi) is 5.48. The van der Waals surface area contributed by atoms with Crippen molar-refractivity contribution in [2.45, 2.75) is 45.8 Å². The Morgan fingerprint density at radius 3 is 2.96 bits per heavy atom. The van der Waals surface area contributed by atoms with Crippen LogP contribution in [0.5, 0.6) is 0 Å². The summed E-state index contributed by atoms with van der Waals surface area (Å²) in [5.41, 5.74) is 1.41. The molecule has 0 N–H and O–H groups in total. The maximum Gasteiger partial charge on any atom is 0.254 e. The second kappa shape index (κ2) is 7.78. The van der Waals surface area contributed by atoms with E-state index in [1.54, 1.807) is 7.11 Å². The fraction of sp³-hybridized carbons (Fsp3) is 0.526. The van der Waals surface area contributed by atoms with Gasteiger partial charge in [-0.1, -0.05) is 19.4 Å². The normalized spacial score (nSPS) is 20.7. The average molecular weight is 343 g/mol. The van der Waals surface area contributed by atoms with Gasteiger partial charge in [0.25, 0.3) is 5.91 Å². The van der Waals surface area contributed by atoms with Gasteiger partial charge in [0.15, 0.2) is 0 Å². The van der Waals surface area contributed by atoms with Crippen molar-refractivity contribution in [2.75, 3.05) is 13.7 Å². The Balaban J connectivity index is 1.81. The molecule has 2 aromatic rings. The first-order valence-corrected chi connectivity index (χ1v) is 8.85. The lowest BCUT2D eigenvalue weighted by molar-refractivity contribution is 0.0556. The van der Waals surface area contributed by atoms with Crippen molar-refractivity contribution in [1.29, 1.82) is 0 Å². The lowest BCUT2D eigenvalue weighted by Crippen LogP contribution is -2.45. The number of aromatic nitrogens is 2. The van der Waals surface area contributed by atoms with Gasteiger partial charge in [0.2, 0.25) is 11.8 Å². The van der Waals surface area contributed by atoms with E-state index in [0.717, 1.165) is 24.9 Å². The summed E-state index contributed by atoms with van der Waals surface area (Å²) in [6.07, 6.45) is 3.38. The lowest BCUT2D eigenvalue weighted by Gasteiger charge is -2.38. The molecule has 1 aromatic carbocycles. The predicted molar refractivity (Wildman–Crippen MR) is 94.0 cm³/mol. The second-order valence-corrected chi connectivity index (χ2v) is 6.67. The van der Waals surface area contributed by atoms with E-state index in [2.05, 4.69) is 24.0 Å². The largest absolute Gasteiger partial charge is 0.418 e. The summed E-state index contributed by atoms with van der Waals surface area (Å²) in [6.45, 7) is 5.42. The summed E-state index contributed by atoms with van der Waals surface area (Å²) < 4.78 is 10.6. The lowest BCUT2D eigenvalue weighted by atomic mass is 9.91. The number of likely N-dealkylation sites (tertiary alicyclic amines) is 1. The van der Waals surface area contributed by atoms with E-state index in [1.807, 2.05) is 29.2 Å². The fourth-order valence-electron chi connectivity index (χ4n) is 3.30. The van der Waals surface area contributed by atoms with Gasteiger partial charge in [0.1, 0.15) is 6.61 Å². The quantitative estimate of drug-likeness (QED) is 0.831. The molecule has 0 radical (unpaired) electrons. The molecule has 1 fully saturated rings. The van der Waals surface area contributed by atoms with Gasteiger partial charge in [-0.15, -0.1) is 10.2 Å². The van der Waals surface area contributed by atoms with Crippen LogP contribution in [0.1, 0.15) is 49.4 Å². The second-order valence-electron chi connectivity index (χ2n) is 6.67. The summed E-state index contributed by atoms with van der Waals surface area (Å²) in [7, 11) is 1.58. The maximum atomic E-state index is 13.0. The van der Waals surface area contributed by atoms with Gasteiger partial charge in [0.05, 0.1) is 0 Å². The molecule has 1 amide bonds. The van der Waals surface area contributed by atoms with Crippen molar-refractivity contribution in [3.8, 4) is 11.5 Å². The third kappa shape index (κ3) is 3.90. The van der Waals surface area contributed by atoms with E-state index in [-0.39, 0.29) is 18.6 Å². The number of amides is 1. The molecule has 0 saturated carbocycles. The summed E-state index contributed by atoms with van der Waals surface area (Å²) in [5.74, 6) is 1.49. The van der Waals surface area contributed by atoms with Crippen LogP contribution < -0.4 is 0 Å². The number of carbonyl (C=O) groups is 1. The molecule has 0 unspecified atom stereocenters. The number of benzene rings is 1. The highest BCUT2D eigenvalue weighted by Gasteiger charge is 2.29. The molecule has 1 saturated heterocycles. The number of hydrogen-bond donors (Lipinski definition) is 0. The highest BCUT2D eigenvalue weighted by atomic mass is 16.5. The molecular formula is C19H25N3O3. The van der Waals surface area contributed by atoms with Crippen LogP contribution >= 0.6 is 0 Å². The number of rotatable bonds is 5. The highest BCUT2D eigenvalue weighted by molar-refractivity contribution is 5.95. The van der Waals surface area contributed by atoms with Crippen molar-refractivity contribution in [3.05, 3.63) is 35.7 Å². The minimum Gasteiger partial charge on any atom is -0.418 e. The minimum atomic E-state index is 0.0733. The number of hydrogen-bond acceptors (Lipinski definition) is 5. The van der Waals surface area contributed by atoms with Gasteiger partial charge in [-0.25, -0.2) is 0 Å². The summed E-state index contributed by atoms with van der Waals surface area (Å²) in [5, 5.41) is 7.98. The van der Waals surface area contributed by atoms with Crippen LogP contribution in [0, 0.1) is 5.92 Å². The first-order valence-electron chi connectivity index (χ1n) is 8.85. The van der Waals surface area contributed by atoms with Crippen molar-refractivity contribution in [3.63, 3.8) is 0 Å². The van der Waals surface area contributed by atoms with E-state index in [9.17, 15) is 4.79 Å². The zero-order valence-corrected chi connectivity index (χ0v) is 15.1. The van der Waals surface area contributed by atoms with Crippen LogP contribution in [0.25, 0.3) is 11.5 Å². The Hall–Kier alpha value is -2.21. The number of ether oxygens (including phenoxy) is 1. The topological polar surface area (TPSA) is 68.5 Å². The molecule has 0 bridgehead atoms. The van der Waals surface area contributed by atoms with Crippen molar-refractivity contribution < 1.29 is 13.9 Å². The molecule has 25 heavy (non-hydrogen) atoms. The van der Waals surface area contributed by atoms with Gasteiger partial charge in [-0.3, -0.25) is 4.79 Å². The average Bonchev–Trinajstić information content (AvgIpc) is 3.11. The van der Waals surface area contributed by atoms with Gasteiger partial charge < -0.3 is 14.1 Å². The zero-order chi connectivity index (χ0) is 17.8. The molecule has 2 atom stereocenters. The first kappa shape index (κ1) is 17.6. The molecule has 0 spiro atoms. The third-order valence-corrected chi connectivity index (χ3v) is 4.91. The van der Waals surface area contributed by atoms with E-state index in [1.165, 1.54) is 6.42 Å². The molecule has 1 aliphatic heterocycles. The predicted octanol–water partition coefficient (Wildman–Crippen LogP) is 3.53. The SMILES string of the molecule is CC[C@H]1CC[C@@H](C)N(C(=O)c2cccc(-c3nnc(COC)o3)c2)C1. The summed E-state index contributed by atoms with van der Waals surface area (Å²) >= 11 is 0. The Morgan fingerprint density at radius 1 is 1.36 bits per heavy atom. The van der Waals surface area contributed by atoms with Crippen molar-refractivity contribution in [2.24, 2.45) is 5.92 Å². The molecule has 2 heterocycles. The van der Waals surface area contributed by atoms with Gasteiger partial charge in [0, 0.05) is 30.8 Å². The standard InChI is InChI=1S/C19H25N3O3/c1-4-14-9-8-13(2)22(11-14)19(23)16-7-5-6-15(10-16)18-21-20-17(25-18)12-24-3/h5-7,10,13-14H,4,8-9,11-12H2,1-3H3/t13-,14+/m1/s1. The molecule has 0 aliphatic carbocycles. The van der Waals surface area contributed by atoms with Gasteiger partial charge >= 0.3 is 0 Å². The van der Waals surface area contributed by atoms with Crippen LogP contribution in [0.4, 0.5) is 0 Å². The summed E-state index contributed by atoms with van der Waals surface area (Å²) in [6, 6.07) is 7.68. The minimum absolute atomic E-state index is 0.0733. The van der Waals surface area contributed by atoms with Crippen molar-refractivity contribution in [1.82, 2.24) is 15.1 Å². The maximum absolute atomic E-state index is 13.0. The first-order chi connectivity index (χ1) is 12.1. The van der Waals surface area contributed by atoms with E-state index >= 15 is 0 Å².